The molecule has 0 aliphatic carbocycles. The van der Waals surface area contributed by atoms with E-state index in [2.05, 4.69) is 0 Å². The Kier molecular flexibility index (Phi) is 6.34. The molecule has 0 atom stereocenters. The van der Waals surface area contributed by atoms with Gasteiger partial charge >= 0.3 is 0 Å². The summed E-state index contributed by atoms with van der Waals surface area (Å²) in [5, 5.41) is 0.969. The highest BCUT2D eigenvalue weighted by Crippen LogP contribution is 2.26. The second-order valence-electron chi connectivity index (χ2n) is 6.39. The summed E-state index contributed by atoms with van der Waals surface area (Å²) in [5.41, 5.74) is 1.30. The molecule has 1 fully saturated rings. The second-order valence-corrected chi connectivity index (χ2v) is 7.18. The molecule has 27 heavy (non-hydrogen) atoms. The zero-order valence-electron chi connectivity index (χ0n) is 14.6. The van der Waals surface area contributed by atoms with Crippen molar-refractivity contribution >= 4 is 35.0 Å². The molecule has 4 nitrogen and oxygen atoms in total. The predicted octanol–water partition coefficient (Wildman–Crippen LogP) is 4.05. The molecule has 2 amide bonds. The minimum absolute atomic E-state index is 0.0277. The highest BCUT2D eigenvalue weighted by molar-refractivity contribution is 6.42. The van der Waals surface area contributed by atoms with Gasteiger partial charge in [-0.15, -0.1) is 0 Å². The molecule has 0 bridgehead atoms. The Morgan fingerprint density at radius 3 is 2.22 bits per heavy atom. The molecule has 2 aromatic carbocycles. The second kappa shape index (κ2) is 8.72. The lowest BCUT2D eigenvalue weighted by Crippen LogP contribution is -2.50. The lowest BCUT2D eigenvalue weighted by atomic mass is 10.1. The Morgan fingerprint density at radius 1 is 0.926 bits per heavy atom. The number of aryl methyl sites for hydroxylation is 1. The van der Waals surface area contributed by atoms with Crippen molar-refractivity contribution in [2.75, 3.05) is 26.2 Å². The van der Waals surface area contributed by atoms with E-state index in [1.54, 1.807) is 15.9 Å². The third-order valence-corrected chi connectivity index (χ3v) is 5.51. The fourth-order valence-electron chi connectivity index (χ4n) is 3.08. The molecule has 0 spiro atoms. The Morgan fingerprint density at radius 2 is 1.56 bits per heavy atom. The number of carbonyl (C=O) groups is 2. The van der Waals surface area contributed by atoms with Gasteiger partial charge in [-0.05, 0) is 42.3 Å². The summed E-state index contributed by atoms with van der Waals surface area (Å²) in [6, 6.07) is 10.9. The van der Waals surface area contributed by atoms with Crippen LogP contribution in [0.2, 0.25) is 10.0 Å². The molecule has 1 aliphatic heterocycles. The van der Waals surface area contributed by atoms with E-state index in [0.717, 1.165) is 5.56 Å². The number of hydrogen-bond donors (Lipinski definition) is 0. The van der Waals surface area contributed by atoms with Gasteiger partial charge in [-0.2, -0.15) is 0 Å². The first-order valence-corrected chi connectivity index (χ1v) is 9.47. The van der Waals surface area contributed by atoms with Crippen LogP contribution < -0.4 is 0 Å². The van der Waals surface area contributed by atoms with Crippen molar-refractivity contribution in [3.05, 3.63) is 69.5 Å². The zero-order chi connectivity index (χ0) is 19.4. The lowest BCUT2D eigenvalue weighted by Gasteiger charge is -2.35. The molecule has 7 heteroatoms. The molecule has 2 aromatic rings. The predicted molar refractivity (Wildman–Crippen MR) is 104 cm³/mol. The molecule has 3 rings (SSSR count). The van der Waals surface area contributed by atoms with Gasteiger partial charge in [0.1, 0.15) is 5.82 Å². The number of amides is 2. The average molecular weight is 409 g/mol. The largest absolute Gasteiger partial charge is 0.339 e. The minimum Gasteiger partial charge on any atom is -0.339 e. The Balaban J connectivity index is 1.51. The summed E-state index contributed by atoms with van der Waals surface area (Å²) in [4.78, 5) is 28.3. The van der Waals surface area contributed by atoms with E-state index in [-0.39, 0.29) is 17.6 Å². The highest BCUT2D eigenvalue weighted by Gasteiger charge is 2.24. The topological polar surface area (TPSA) is 40.6 Å². The average Bonchev–Trinajstić information content (AvgIpc) is 2.69. The lowest BCUT2D eigenvalue weighted by molar-refractivity contribution is -0.132. The first-order chi connectivity index (χ1) is 13.0. The summed E-state index contributed by atoms with van der Waals surface area (Å²) in [6.07, 6.45) is 0.860. The smallest absolute Gasteiger partial charge is 0.253 e. The number of rotatable bonds is 4. The fourth-order valence-corrected chi connectivity index (χ4v) is 3.49. The summed E-state index contributed by atoms with van der Waals surface area (Å²) in [5.74, 6) is -0.491. The third-order valence-electron chi connectivity index (χ3n) is 4.65. The third kappa shape index (κ3) is 4.79. The van der Waals surface area contributed by atoms with Crippen LogP contribution in [-0.4, -0.2) is 47.8 Å². The fraction of sp³-hybridized carbons (Fsp3) is 0.300. The Bertz CT molecular complexity index is 834. The van der Waals surface area contributed by atoms with Crippen molar-refractivity contribution in [2.24, 2.45) is 0 Å². The van der Waals surface area contributed by atoms with Crippen molar-refractivity contribution in [3.8, 4) is 0 Å². The maximum absolute atomic E-state index is 13.0. The molecular weight excluding hydrogens is 390 g/mol. The van der Waals surface area contributed by atoms with Crippen molar-refractivity contribution in [3.63, 3.8) is 0 Å². The van der Waals surface area contributed by atoms with E-state index in [9.17, 15) is 14.0 Å². The first-order valence-electron chi connectivity index (χ1n) is 8.71. The van der Waals surface area contributed by atoms with Crippen LogP contribution in [-0.2, 0) is 11.2 Å². The van der Waals surface area contributed by atoms with E-state index >= 15 is 0 Å². The molecule has 0 aromatic heterocycles. The summed E-state index contributed by atoms with van der Waals surface area (Å²) < 4.78 is 13.0. The van der Waals surface area contributed by atoms with Gasteiger partial charge in [-0.1, -0.05) is 35.3 Å². The van der Waals surface area contributed by atoms with Gasteiger partial charge in [0, 0.05) is 38.2 Å². The highest BCUT2D eigenvalue weighted by atomic mass is 35.5. The maximum atomic E-state index is 13.0. The van der Waals surface area contributed by atoms with Crippen molar-refractivity contribution in [1.82, 2.24) is 9.80 Å². The first kappa shape index (κ1) is 19.6. The van der Waals surface area contributed by atoms with Crippen LogP contribution in [0.25, 0.3) is 0 Å². The molecular formula is C20H19Cl2FN2O2. The van der Waals surface area contributed by atoms with Gasteiger partial charge in [-0.3, -0.25) is 9.59 Å². The Labute approximate surface area is 167 Å². The van der Waals surface area contributed by atoms with Gasteiger partial charge in [0.05, 0.1) is 10.0 Å². The molecule has 1 aliphatic rings. The van der Waals surface area contributed by atoms with E-state index in [1.165, 1.54) is 24.3 Å². The normalized spacial score (nSPS) is 14.3. The van der Waals surface area contributed by atoms with Gasteiger partial charge in [0.25, 0.3) is 5.91 Å². The monoisotopic (exact) mass is 408 g/mol. The van der Waals surface area contributed by atoms with Crippen LogP contribution in [0.4, 0.5) is 4.39 Å². The van der Waals surface area contributed by atoms with E-state index in [4.69, 9.17) is 23.2 Å². The summed E-state index contributed by atoms with van der Waals surface area (Å²) in [7, 11) is 0. The van der Waals surface area contributed by atoms with Crippen LogP contribution in [0.15, 0.2) is 42.5 Å². The summed E-state index contributed by atoms with van der Waals surface area (Å²) in [6.45, 7) is 1.88. The number of piperazine rings is 1. The molecule has 1 saturated heterocycles. The van der Waals surface area contributed by atoms with Crippen molar-refractivity contribution in [2.45, 2.75) is 12.8 Å². The van der Waals surface area contributed by atoms with Gasteiger partial charge in [-0.25, -0.2) is 4.39 Å². The zero-order valence-corrected chi connectivity index (χ0v) is 16.1. The van der Waals surface area contributed by atoms with Crippen LogP contribution in [0.3, 0.4) is 0 Å². The quantitative estimate of drug-likeness (QED) is 0.765. The molecule has 1 heterocycles. The molecule has 0 unspecified atom stereocenters. The summed E-state index contributed by atoms with van der Waals surface area (Å²) >= 11 is 12.2. The van der Waals surface area contributed by atoms with Crippen molar-refractivity contribution in [1.29, 1.82) is 0 Å². The van der Waals surface area contributed by atoms with E-state index in [1.807, 2.05) is 12.1 Å². The molecule has 142 valence electrons. The van der Waals surface area contributed by atoms with E-state index in [0.29, 0.717) is 54.6 Å². The van der Waals surface area contributed by atoms with Crippen LogP contribution in [0.1, 0.15) is 22.3 Å². The van der Waals surface area contributed by atoms with Crippen LogP contribution >= 0.6 is 23.2 Å². The SMILES string of the molecule is O=C(CCc1cccc(Cl)c1Cl)N1CCN(C(=O)c2ccc(F)cc2)CC1. The van der Waals surface area contributed by atoms with Crippen LogP contribution in [0.5, 0.6) is 0 Å². The van der Waals surface area contributed by atoms with Crippen LogP contribution in [0, 0.1) is 5.82 Å². The number of nitrogens with zero attached hydrogens (tertiary/aromatic N) is 2. The van der Waals surface area contributed by atoms with Gasteiger partial charge < -0.3 is 9.80 Å². The van der Waals surface area contributed by atoms with Crippen molar-refractivity contribution < 1.29 is 14.0 Å². The molecule has 0 saturated carbocycles. The minimum atomic E-state index is -0.373. The van der Waals surface area contributed by atoms with E-state index < -0.39 is 0 Å². The molecule has 0 N–H and O–H groups in total. The number of halogens is 3. The number of hydrogen-bond acceptors (Lipinski definition) is 2. The van der Waals surface area contributed by atoms with Gasteiger partial charge in [0.15, 0.2) is 0 Å². The number of carbonyl (C=O) groups excluding carboxylic acids is 2. The number of benzene rings is 2. The standard InChI is InChI=1S/C20H19Cl2FN2O2/c21-17-3-1-2-14(19(17)22)6-9-18(26)24-10-12-25(13-11-24)20(27)15-4-7-16(23)8-5-15/h1-5,7-8H,6,9-13H2. The Hall–Kier alpha value is -2.11. The molecule has 0 radical (unpaired) electrons. The maximum Gasteiger partial charge on any atom is 0.253 e. The van der Waals surface area contributed by atoms with Gasteiger partial charge in [0.2, 0.25) is 5.91 Å².